The summed E-state index contributed by atoms with van der Waals surface area (Å²) in [5.41, 5.74) is 12.0. The highest BCUT2D eigenvalue weighted by molar-refractivity contribution is 5.89. The number of carbonyl (C=O) groups excluding carboxylic acids is 1. The lowest BCUT2D eigenvalue weighted by atomic mass is 10.00. The van der Waals surface area contributed by atoms with E-state index in [1.165, 1.54) is 5.56 Å². The predicted octanol–water partition coefficient (Wildman–Crippen LogP) is 3.66. The number of hydrazone groups is 1. The number of nitrogens with one attached hydrogen (secondary N) is 1. The molecule has 0 aliphatic heterocycles. The molecule has 6 heteroatoms. The fourth-order valence-electron chi connectivity index (χ4n) is 2.61. The summed E-state index contributed by atoms with van der Waals surface area (Å²) in [6, 6.07) is 17.4. The summed E-state index contributed by atoms with van der Waals surface area (Å²) in [7, 11) is 0. The molecule has 1 aromatic heterocycles. The van der Waals surface area contributed by atoms with Gasteiger partial charge in [0.1, 0.15) is 5.69 Å². The molecule has 26 heavy (non-hydrogen) atoms. The molecular weight excluding hydrogens is 326 g/mol. The molecular formula is C20H21N5O. The minimum Gasteiger partial charge on any atom is -0.350 e. The Balaban J connectivity index is 2.02. The van der Waals surface area contributed by atoms with E-state index < -0.39 is 6.03 Å². The number of hydrogen-bond donors (Lipinski definition) is 2. The van der Waals surface area contributed by atoms with E-state index in [2.05, 4.69) is 36.5 Å². The number of rotatable bonds is 5. The molecule has 0 saturated heterocycles. The van der Waals surface area contributed by atoms with Crippen molar-refractivity contribution in [2.45, 2.75) is 19.8 Å². The molecule has 3 rings (SSSR count). The van der Waals surface area contributed by atoms with E-state index in [4.69, 9.17) is 10.8 Å². The number of nitrogens with zero attached hydrogens (tertiary/aromatic N) is 3. The van der Waals surface area contributed by atoms with Crippen LogP contribution in [0.2, 0.25) is 0 Å². The lowest BCUT2D eigenvalue weighted by molar-refractivity contribution is 0.249. The van der Waals surface area contributed by atoms with Crippen molar-refractivity contribution in [1.82, 2.24) is 15.2 Å². The number of amides is 2. The quantitative estimate of drug-likeness (QED) is 0.545. The standard InChI is InChI=1S/C20H21N5O/c1-14(2)15-8-10-16(11-9-15)19-17(12-22-23-20(21)26)13-25(24-19)18-6-4-3-5-7-18/h3-14H,1-2H3,(H3,21,23,26). The zero-order valence-electron chi connectivity index (χ0n) is 14.8. The molecule has 2 amide bonds. The summed E-state index contributed by atoms with van der Waals surface area (Å²) >= 11 is 0. The zero-order chi connectivity index (χ0) is 18.5. The lowest BCUT2D eigenvalue weighted by Crippen LogP contribution is -2.24. The molecule has 0 atom stereocenters. The van der Waals surface area contributed by atoms with Gasteiger partial charge in [0.2, 0.25) is 0 Å². The van der Waals surface area contributed by atoms with E-state index in [1.807, 2.05) is 48.7 Å². The molecule has 0 bridgehead atoms. The van der Waals surface area contributed by atoms with Crippen molar-refractivity contribution in [3.8, 4) is 16.9 Å². The smallest absolute Gasteiger partial charge is 0.332 e. The van der Waals surface area contributed by atoms with Crippen LogP contribution >= 0.6 is 0 Å². The normalized spacial score (nSPS) is 11.2. The summed E-state index contributed by atoms with van der Waals surface area (Å²) < 4.78 is 1.79. The minimum atomic E-state index is -0.709. The maximum absolute atomic E-state index is 10.8. The number of hydrogen-bond acceptors (Lipinski definition) is 3. The monoisotopic (exact) mass is 347 g/mol. The Hall–Kier alpha value is -3.41. The van der Waals surface area contributed by atoms with Gasteiger partial charge in [-0.1, -0.05) is 56.3 Å². The van der Waals surface area contributed by atoms with E-state index in [-0.39, 0.29) is 0 Å². The van der Waals surface area contributed by atoms with Crippen LogP contribution in [0.25, 0.3) is 16.9 Å². The van der Waals surface area contributed by atoms with Gasteiger partial charge in [-0.3, -0.25) is 0 Å². The van der Waals surface area contributed by atoms with Crippen LogP contribution in [0, 0.1) is 0 Å². The molecule has 3 N–H and O–H groups in total. The Morgan fingerprint density at radius 2 is 1.85 bits per heavy atom. The molecule has 2 aromatic carbocycles. The molecule has 0 aliphatic carbocycles. The van der Waals surface area contributed by atoms with Gasteiger partial charge in [-0.05, 0) is 23.6 Å². The molecule has 3 aromatic rings. The van der Waals surface area contributed by atoms with Crippen molar-refractivity contribution >= 4 is 12.2 Å². The van der Waals surface area contributed by atoms with E-state index >= 15 is 0 Å². The minimum absolute atomic E-state index is 0.465. The summed E-state index contributed by atoms with van der Waals surface area (Å²) in [4.78, 5) is 10.8. The Kier molecular flexibility index (Phi) is 5.12. The lowest BCUT2D eigenvalue weighted by Gasteiger charge is -2.06. The van der Waals surface area contributed by atoms with E-state index in [0.717, 1.165) is 22.5 Å². The maximum Gasteiger partial charge on any atom is 0.332 e. The Morgan fingerprint density at radius 3 is 2.46 bits per heavy atom. The van der Waals surface area contributed by atoms with E-state index in [9.17, 15) is 4.79 Å². The fraction of sp³-hybridized carbons (Fsp3) is 0.150. The van der Waals surface area contributed by atoms with Crippen molar-refractivity contribution in [1.29, 1.82) is 0 Å². The van der Waals surface area contributed by atoms with Crippen LogP contribution in [0.1, 0.15) is 30.9 Å². The van der Waals surface area contributed by atoms with Gasteiger partial charge < -0.3 is 5.73 Å². The van der Waals surface area contributed by atoms with Gasteiger partial charge in [0.15, 0.2) is 0 Å². The molecule has 0 unspecified atom stereocenters. The van der Waals surface area contributed by atoms with Crippen LogP contribution in [0.15, 0.2) is 65.9 Å². The summed E-state index contributed by atoms with van der Waals surface area (Å²) in [6.07, 6.45) is 3.41. The predicted molar refractivity (Wildman–Crippen MR) is 103 cm³/mol. The number of carbonyl (C=O) groups is 1. The first-order chi connectivity index (χ1) is 12.5. The van der Waals surface area contributed by atoms with Crippen LogP contribution in [0.5, 0.6) is 0 Å². The van der Waals surface area contributed by atoms with Crippen molar-refractivity contribution in [3.05, 3.63) is 71.9 Å². The largest absolute Gasteiger partial charge is 0.350 e. The first kappa shape index (κ1) is 17.4. The molecule has 0 spiro atoms. The van der Waals surface area contributed by atoms with Gasteiger partial charge in [0.05, 0.1) is 11.9 Å². The Bertz CT molecular complexity index is 911. The highest BCUT2D eigenvalue weighted by atomic mass is 16.2. The number of para-hydroxylation sites is 1. The second kappa shape index (κ2) is 7.65. The highest BCUT2D eigenvalue weighted by Crippen LogP contribution is 2.25. The van der Waals surface area contributed by atoms with E-state index in [0.29, 0.717) is 5.92 Å². The Labute approximate surface area is 152 Å². The van der Waals surface area contributed by atoms with Gasteiger partial charge in [-0.15, -0.1) is 0 Å². The third-order valence-electron chi connectivity index (χ3n) is 3.99. The zero-order valence-corrected chi connectivity index (χ0v) is 14.8. The first-order valence-electron chi connectivity index (χ1n) is 8.38. The second-order valence-electron chi connectivity index (χ2n) is 6.22. The molecule has 0 saturated carbocycles. The summed E-state index contributed by atoms with van der Waals surface area (Å²) in [5, 5.41) is 8.58. The van der Waals surface area contributed by atoms with Crippen LogP contribution in [0.4, 0.5) is 4.79 Å². The number of benzene rings is 2. The number of primary amides is 1. The van der Waals surface area contributed by atoms with Gasteiger partial charge in [0, 0.05) is 17.3 Å². The third kappa shape index (κ3) is 3.97. The van der Waals surface area contributed by atoms with Crippen molar-refractivity contribution < 1.29 is 4.79 Å². The summed E-state index contributed by atoms with van der Waals surface area (Å²) in [5.74, 6) is 0.465. The average molecular weight is 347 g/mol. The topological polar surface area (TPSA) is 85.3 Å². The van der Waals surface area contributed by atoms with Crippen molar-refractivity contribution in [2.75, 3.05) is 0 Å². The number of aromatic nitrogens is 2. The van der Waals surface area contributed by atoms with E-state index in [1.54, 1.807) is 10.9 Å². The van der Waals surface area contributed by atoms with Crippen LogP contribution in [0.3, 0.4) is 0 Å². The first-order valence-corrected chi connectivity index (χ1v) is 8.38. The van der Waals surface area contributed by atoms with Crippen molar-refractivity contribution in [2.24, 2.45) is 10.8 Å². The van der Waals surface area contributed by atoms with Crippen LogP contribution in [-0.2, 0) is 0 Å². The fourth-order valence-corrected chi connectivity index (χ4v) is 2.61. The average Bonchev–Trinajstić information content (AvgIpc) is 3.06. The molecule has 0 radical (unpaired) electrons. The maximum atomic E-state index is 10.8. The molecule has 0 aliphatic rings. The van der Waals surface area contributed by atoms with Gasteiger partial charge >= 0.3 is 6.03 Å². The highest BCUT2D eigenvalue weighted by Gasteiger charge is 2.11. The Morgan fingerprint density at radius 1 is 1.15 bits per heavy atom. The molecule has 0 fully saturated rings. The third-order valence-corrected chi connectivity index (χ3v) is 3.99. The van der Waals surface area contributed by atoms with Gasteiger partial charge in [-0.25, -0.2) is 14.9 Å². The number of urea groups is 1. The number of nitrogens with two attached hydrogens (primary N) is 1. The van der Waals surface area contributed by atoms with Gasteiger partial charge in [0.25, 0.3) is 0 Å². The molecule has 132 valence electrons. The molecule has 6 nitrogen and oxygen atoms in total. The second-order valence-corrected chi connectivity index (χ2v) is 6.22. The van der Waals surface area contributed by atoms with Crippen molar-refractivity contribution in [3.63, 3.8) is 0 Å². The van der Waals surface area contributed by atoms with Crippen LogP contribution in [-0.4, -0.2) is 22.0 Å². The summed E-state index contributed by atoms with van der Waals surface area (Å²) in [6.45, 7) is 4.32. The van der Waals surface area contributed by atoms with Gasteiger partial charge in [-0.2, -0.15) is 10.2 Å². The SMILES string of the molecule is CC(C)c1ccc(-c2nn(-c3ccccc3)cc2C=NNC(N)=O)cc1. The molecule has 1 heterocycles. The van der Waals surface area contributed by atoms with Crippen LogP contribution < -0.4 is 11.2 Å².